The van der Waals surface area contributed by atoms with Gasteiger partial charge in [-0.25, -0.2) is 4.68 Å². The molecule has 2 heterocycles. The predicted molar refractivity (Wildman–Crippen MR) is 94.6 cm³/mol. The molecule has 1 aliphatic heterocycles. The van der Waals surface area contributed by atoms with E-state index in [0.717, 1.165) is 24.2 Å². The molecule has 25 heavy (non-hydrogen) atoms. The fourth-order valence-electron chi connectivity index (χ4n) is 2.93. The zero-order valence-electron chi connectivity index (χ0n) is 13.9. The number of nitrogens with two attached hydrogens (primary N) is 1. The lowest BCUT2D eigenvalue weighted by Crippen LogP contribution is -2.42. The van der Waals surface area contributed by atoms with Crippen LogP contribution in [0.1, 0.15) is 35.4 Å². The first-order valence-electron chi connectivity index (χ1n) is 8.52. The first-order valence-corrected chi connectivity index (χ1v) is 9.40. The maximum absolute atomic E-state index is 13.1. The molecule has 1 unspecified atom stereocenters. The summed E-state index contributed by atoms with van der Waals surface area (Å²) in [4.78, 5) is 15.0. The standard InChI is InChI=1S/C17H21N5O2S/c18-22-15(13-6-7-13)19-20-17(22)25-14(12-4-2-1-3-5-12)16(23)21-8-10-24-11-9-21/h1-5,13-14H,6-11,18H2. The van der Waals surface area contributed by atoms with Crippen molar-refractivity contribution in [2.45, 2.75) is 29.2 Å². The lowest BCUT2D eigenvalue weighted by molar-refractivity contribution is -0.134. The summed E-state index contributed by atoms with van der Waals surface area (Å²) < 4.78 is 6.91. The summed E-state index contributed by atoms with van der Waals surface area (Å²) in [5, 5.41) is 8.63. The van der Waals surface area contributed by atoms with Crippen LogP contribution in [0.25, 0.3) is 0 Å². The third-order valence-electron chi connectivity index (χ3n) is 4.51. The highest BCUT2D eigenvalue weighted by Gasteiger charge is 2.33. The SMILES string of the molecule is Nn1c(SC(C(=O)N2CCOCC2)c2ccccc2)nnc1C1CC1. The second-order valence-corrected chi connectivity index (χ2v) is 7.40. The Labute approximate surface area is 150 Å². The van der Waals surface area contributed by atoms with Crippen LogP contribution in [-0.2, 0) is 9.53 Å². The Hall–Kier alpha value is -2.06. The Morgan fingerprint density at radius 3 is 2.60 bits per heavy atom. The van der Waals surface area contributed by atoms with E-state index in [0.29, 0.717) is 37.4 Å². The van der Waals surface area contributed by atoms with E-state index < -0.39 is 5.25 Å². The van der Waals surface area contributed by atoms with E-state index in [4.69, 9.17) is 10.6 Å². The topological polar surface area (TPSA) is 86.3 Å². The molecule has 1 aromatic heterocycles. The third kappa shape index (κ3) is 3.50. The van der Waals surface area contributed by atoms with Crippen molar-refractivity contribution in [1.29, 1.82) is 0 Å². The largest absolute Gasteiger partial charge is 0.378 e. The summed E-state index contributed by atoms with van der Waals surface area (Å²) in [7, 11) is 0. The number of morpholine rings is 1. The van der Waals surface area contributed by atoms with E-state index >= 15 is 0 Å². The van der Waals surface area contributed by atoms with Crippen molar-refractivity contribution in [1.82, 2.24) is 19.8 Å². The summed E-state index contributed by atoms with van der Waals surface area (Å²) in [5.74, 6) is 7.47. The first kappa shape index (κ1) is 16.4. The van der Waals surface area contributed by atoms with Gasteiger partial charge < -0.3 is 15.5 Å². The molecule has 4 rings (SSSR count). The minimum atomic E-state index is -0.391. The average molecular weight is 359 g/mol. The molecule has 1 amide bonds. The van der Waals surface area contributed by atoms with Crippen LogP contribution in [-0.4, -0.2) is 52.0 Å². The van der Waals surface area contributed by atoms with Gasteiger partial charge in [0.05, 0.1) is 13.2 Å². The minimum absolute atomic E-state index is 0.0653. The fourth-order valence-corrected chi connectivity index (χ4v) is 3.98. The van der Waals surface area contributed by atoms with Crippen LogP contribution in [0, 0.1) is 0 Å². The molecule has 1 aromatic carbocycles. The Kier molecular flexibility index (Phi) is 4.63. The van der Waals surface area contributed by atoms with E-state index in [9.17, 15) is 4.79 Å². The summed E-state index contributed by atoms with van der Waals surface area (Å²) in [6.07, 6.45) is 2.21. The number of ether oxygens (including phenoxy) is 1. The number of rotatable bonds is 5. The van der Waals surface area contributed by atoms with Crippen LogP contribution in [0.5, 0.6) is 0 Å². The van der Waals surface area contributed by atoms with Gasteiger partial charge in [-0.15, -0.1) is 10.2 Å². The van der Waals surface area contributed by atoms with Crippen LogP contribution in [0.2, 0.25) is 0 Å². The zero-order chi connectivity index (χ0) is 17.2. The summed E-state index contributed by atoms with van der Waals surface area (Å²) in [6.45, 7) is 2.39. The van der Waals surface area contributed by atoms with Gasteiger partial charge in [0.1, 0.15) is 5.25 Å². The fraction of sp³-hybridized carbons (Fsp3) is 0.471. The highest BCUT2D eigenvalue weighted by atomic mass is 32.2. The van der Waals surface area contributed by atoms with Crippen molar-refractivity contribution in [3.63, 3.8) is 0 Å². The number of hydrogen-bond acceptors (Lipinski definition) is 6. The van der Waals surface area contributed by atoms with E-state index in [1.807, 2.05) is 35.2 Å². The molecule has 8 heteroatoms. The monoisotopic (exact) mass is 359 g/mol. The Morgan fingerprint density at radius 1 is 1.20 bits per heavy atom. The van der Waals surface area contributed by atoms with Crippen LogP contribution in [0.3, 0.4) is 0 Å². The predicted octanol–water partition coefficient (Wildman–Crippen LogP) is 1.56. The quantitative estimate of drug-likeness (QED) is 0.644. The number of thioether (sulfide) groups is 1. The Morgan fingerprint density at radius 2 is 1.92 bits per heavy atom. The van der Waals surface area contributed by atoms with E-state index in [1.54, 1.807) is 4.68 Å². The zero-order valence-corrected chi connectivity index (χ0v) is 14.7. The van der Waals surface area contributed by atoms with Crippen LogP contribution in [0.15, 0.2) is 35.5 Å². The normalized spacial score (nSPS) is 19.0. The van der Waals surface area contributed by atoms with Crippen molar-refractivity contribution >= 4 is 17.7 Å². The van der Waals surface area contributed by atoms with Gasteiger partial charge in [-0.3, -0.25) is 4.79 Å². The van der Waals surface area contributed by atoms with Crippen molar-refractivity contribution in [3.8, 4) is 0 Å². The van der Waals surface area contributed by atoms with Gasteiger partial charge >= 0.3 is 0 Å². The van der Waals surface area contributed by atoms with E-state index in [1.165, 1.54) is 11.8 Å². The molecule has 0 radical (unpaired) electrons. The average Bonchev–Trinajstić information content (AvgIpc) is 3.44. The third-order valence-corrected chi connectivity index (χ3v) is 5.70. The summed E-state index contributed by atoms with van der Waals surface area (Å²) in [5.41, 5.74) is 0.944. The number of hydrogen-bond donors (Lipinski definition) is 1. The Bertz CT molecular complexity index is 741. The van der Waals surface area contributed by atoms with Crippen LogP contribution < -0.4 is 5.84 Å². The molecular weight excluding hydrogens is 338 g/mol. The number of aromatic nitrogens is 3. The highest BCUT2D eigenvalue weighted by Crippen LogP contribution is 2.41. The molecular formula is C17H21N5O2S. The molecule has 2 aromatic rings. The van der Waals surface area contributed by atoms with Gasteiger partial charge in [-0.1, -0.05) is 42.1 Å². The molecule has 132 valence electrons. The number of nitrogen functional groups attached to an aromatic ring is 1. The number of nitrogens with zero attached hydrogens (tertiary/aromatic N) is 4. The molecule has 1 saturated carbocycles. The molecule has 2 fully saturated rings. The van der Waals surface area contributed by atoms with Crippen molar-refractivity contribution in [3.05, 3.63) is 41.7 Å². The Balaban J connectivity index is 1.60. The number of carbonyl (C=O) groups is 1. The van der Waals surface area contributed by atoms with Crippen molar-refractivity contribution in [2.24, 2.45) is 0 Å². The smallest absolute Gasteiger partial charge is 0.240 e. The summed E-state index contributed by atoms with van der Waals surface area (Å²) in [6, 6.07) is 9.77. The second kappa shape index (κ2) is 7.05. The van der Waals surface area contributed by atoms with Gasteiger partial charge in [0.25, 0.3) is 0 Å². The van der Waals surface area contributed by atoms with Gasteiger partial charge in [0, 0.05) is 19.0 Å². The van der Waals surface area contributed by atoms with Crippen molar-refractivity contribution in [2.75, 3.05) is 32.1 Å². The van der Waals surface area contributed by atoms with E-state index in [-0.39, 0.29) is 5.91 Å². The van der Waals surface area contributed by atoms with Crippen LogP contribution in [0.4, 0.5) is 0 Å². The lowest BCUT2D eigenvalue weighted by atomic mass is 10.1. The van der Waals surface area contributed by atoms with E-state index in [2.05, 4.69) is 10.2 Å². The number of carbonyl (C=O) groups excluding carboxylic acids is 1. The molecule has 1 atom stereocenters. The van der Waals surface area contributed by atoms with Gasteiger partial charge in [-0.2, -0.15) is 0 Å². The molecule has 1 saturated heterocycles. The summed E-state index contributed by atoms with van der Waals surface area (Å²) >= 11 is 1.37. The molecule has 2 N–H and O–H groups in total. The van der Waals surface area contributed by atoms with Gasteiger partial charge in [0.15, 0.2) is 5.82 Å². The molecule has 7 nitrogen and oxygen atoms in total. The molecule has 0 bridgehead atoms. The second-order valence-electron chi connectivity index (χ2n) is 6.33. The maximum Gasteiger partial charge on any atom is 0.240 e. The van der Waals surface area contributed by atoms with Crippen LogP contribution >= 0.6 is 11.8 Å². The number of benzene rings is 1. The van der Waals surface area contributed by atoms with Crippen molar-refractivity contribution < 1.29 is 9.53 Å². The van der Waals surface area contributed by atoms with Gasteiger partial charge in [0.2, 0.25) is 11.1 Å². The molecule has 1 aliphatic carbocycles. The highest BCUT2D eigenvalue weighted by molar-refractivity contribution is 8.00. The van der Waals surface area contributed by atoms with Gasteiger partial charge in [-0.05, 0) is 18.4 Å². The number of amides is 1. The lowest BCUT2D eigenvalue weighted by Gasteiger charge is -2.30. The maximum atomic E-state index is 13.1. The molecule has 0 spiro atoms. The molecule has 2 aliphatic rings. The minimum Gasteiger partial charge on any atom is -0.378 e. The first-order chi connectivity index (χ1) is 12.2.